The first-order valence-corrected chi connectivity index (χ1v) is 7.17. The van der Waals surface area contributed by atoms with E-state index in [1.54, 1.807) is 7.05 Å². The Balaban J connectivity index is 2.42. The van der Waals surface area contributed by atoms with Crippen LogP contribution in [-0.2, 0) is 9.59 Å². The zero-order chi connectivity index (χ0) is 14.4. The van der Waals surface area contributed by atoms with Crippen molar-refractivity contribution in [3.63, 3.8) is 0 Å². The summed E-state index contributed by atoms with van der Waals surface area (Å²) in [4.78, 5) is 25.5. The van der Waals surface area contributed by atoms with Gasteiger partial charge in [-0.25, -0.2) is 0 Å². The molecule has 5 nitrogen and oxygen atoms in total. The lowest BCUT2D eigenvalue weighted by molar-refractivity contribution is -0.138. The number of carbonyl (C=O) groups excluding carboxylic acids is 2. The number of carbonyl (C=O) groups is 2. The molecule has 2 amide bonds. The van der Waals surface area contributed by atoms with E-state index in [4.69, 9.17) is 5.73 Å². The molecule has 0 aromatic carbocycles. The highest BCUT2D eigenvalue weighted by Crippen LogP contribution is 2.32. The number of nitrogens with two attached hydrogens (primary N) is 1. The maximum atomic E-state index is 12.3. The van der Waals surface area contributed by atoms with Crippen LogP contribution in [0.3, 0.4) is 0 Å². The predicted molar refractivity (Wildman–Crippen MR) is 75.4 cm³/mol. The van der Waals surface area contributed by atoms with Gasteiger partial charge in [0, 0.05) is 19.5 Å². The standard InChI is InChI=1S/C14H27N3O2/c1-10(2)8-16-13(18)9-17(3)14(19)12-6-4-5-11(12)7-15/h10-12H,4-9,15H2,1-3H3,(H,16,18). The van der Waals surface area contributed by atoms with Crippen LogP contribution in [0.5, 0.6) is 0 Å². The van der Waals surface area contributed by atoms with Crippen molar-refractivity contribution in [2.24, 2.45) is 23.5 Å². The number of nitrogens with zero attached hydrogens (tertiary/aromatic N) is 1. The average Bonchev–Trinajstić information content (AvgIpc) is 2.83. The van der Waals surface area contributed by atoms with Gasteiger partial charge in [-0.05, 0) is 31.2 Å². The van der Waals surface area contributed by atoms with Crippen LogP contribution in [0.2, 0.25) is 0 Å². The van der Waals surface area contributed by atoms with Gasteiger partial charge in [0.2, 0.25) is 11.8 Å². The monoisotopic (exact) mass is 269 g/mol. The molecule has 1 aliphatic carbocycles. The quantitative estimate of drug-likeness (QED) is 0.741. The number of hydrogen-bond acceptors (Lipinski definition) is 3. The number of likely N-dealkylation sites (N-methyl/N-ethyl adjacent to an activating group) is 1. The van der Waals surface area contributed by atoms with Gasteiger partial charge in [-0.3, -0.25) is 9.59 Å². The third-order valence-electron chi connectivity index (χ3n) is 3.74. The lowest BCUT2D eigenvalue weighted by Crippen LogP contribution is -2.43. The number of nitrogens with one attached hydrogen (secondary N) is 1. The Kier molecular flexibility index (Phi) is 6.28. The van der Waals surface area contributed by atoms with Crippen molar-refractivity contribution in [1.29, 1.82) is 0 Å². The van der Waals surface area contributed by atoms with Crippen molar-refractivity contribution in [3.05, 3.63) is 0 Å². The van der Waals surface area contributed by atoms with Gasteiger partial charge in [0.15, 0.2) is 0 Å². The number of rotatable bonds is 6. The molecular weight excluding hydrogens is 242 g/mol. The Bertz CT molecular complexity index is 318. The van der Waals surface area contributed by atoms with Gasteiger partial charge in [-0.1, -0.05) is 20.3 Å². The van der Waals surface area contributed by atoms with E-state index < -0.39 is 0 Å². The molecule has 2 atom stereocenters. The fourth-order valence-corrected chi connectivity index (χ4v) is 2.59. The molecule has 1 rings (SSSR count). The number of hydrogen-bond donors (Lipinski definition) is 2. The zero-order valence-corrected chi connectivity index (χ0v) is 12.3. The van der Waals surface area contributed by atoms with Crippen molar-refractivity contribution in [2.45, 2.75) is 33.1 Å². The maximum Gasteiger partial charge on any atom is 0.239 e. The first-order chi connectivity index (χ1) is 8.95. The minimum atomic E-state index is -0.0909. The molecule has 0 aromatic rings. The van der Waals surface area contributed by atoms with E-state index in [0.29, 0.717) is 19.0 Å². The van der Waals surface area contributed by atoms with Crippen LogP contribution in [0.1, 0.15) is 33.1 Å². The summed E-state index contributed by atoms with van der Waals surface area (Å²) in [6.07, 6.45) is 2.99. The molecular formula is C14H27N3O2. The molecule has 0 saturated heterocycles. The van der Waals surface area contributed by atoms with Gasteiger partial charge in [-0.15, -0.1) is 0 Å². The van der Waals surface area contributed by atoms with Gasteiger partial charge in [0.25, 0.3) is 0 Å². The lowest BCUT2D eigenvalue weighted by Gasteiger charge is -2.24. The summed E-state index contributed by atoms with van der Waals surface area (Å²) >= 11 is 0. The highest BCUT2D eigenvalue weighted by atomic mass is 16.2. The molecule has 19 heavy (non-hydrogen) atoms. The number of amides is 2. The highest BCUT2D eigenvalue weighted by Gasteiger charge is 2.33. The highest BCUT2D eigenvalue weighted by molar-refractivity contribution is 5.86. The second-order valence-electron chi connectivity index (χ2n) is 5.93. The van der Waals surface area contributed by atoms with Crippen molar-refractivity contribution in [2.75, 3.05) is 26.7 Å². The summed E-state index contributed by atoms with van der Waals surface area (Å²) in [6, 6.07) is 0. The van der Waals surface area contributed by atoms with Crippen LogP contribution < -0.4 is 11.1 Å². The molecule has 5 heteroatoms. The third kappa shape index (κ3) is 4.82. The van der Waals surface area contributed by atoms with E-state index in [0.717, 1.165) is 19.3 Å². The van der Waals surface area contributed by atoms with E-state index in [-0.39, 0.29) is 30.2 Å². The molecule has 0 bridgehead atoms. The normalized spacial score (nSPS) is 22.6. The second kappa shape index (κ2) is 7.48. The van der Waals surface area contributed by atoms with E-state index >= 15 is 0 Å². The summed E-state index contributed by atoms with van der Waals surface area (Å²) in [5, 5.41) is 2.83. The molecule has 1 fully saturated rings. The Hall–Kier alpha value is -1.10. The Labute approximate surface area is 115 Å². The second-order valence-corrected chi connectivity index (χ2v) is 5.93. The Morgan fingerprint density at radius 2 is 2.05 bits per heavy atom. The smallest absolute Gasteiger partial charge is 0.239 e. The first-order valence-electron chi connectivity index (χ1n) is 7.17. The minimum Gasteiger partial charge on any atom is -0.354 e. The van der Waals surface area contributed by atoms with Crippen LogP contribution in [0.25, 0.3) is 0 Å². The molecule has 3 N–H and O–H groups in total. The topological polar surface area (TPSA) is 75.4 Å². The molecule has 0 heterocycles. The lowest BCUT2D eigenvalue weighted by atomic mass is 9.95. The van der Waals surface area contributed by atoms with Crippen molar-refractivity contribution in [1.82, 2.24) is 10.2 Å². The summed E-state index contributed by atoms with van der Waals surface area (Å²) in [7, 11) is 1.70. The summed E-state index contributed by atoms with van der Waals surface area (Å²) in [5.41, 5.74) is 5.69. The van der Waals surface area contributed by atoms with Crippen LogP contribution in [-0.4, -0.2) is 43.4 Å². The van der Waals surface area contributed by atoms with Crippen molar-refractivity contribution >= 4 is 11.8 Å². The van der Waals surface area contributed by atoms with Gasteiger partial charge in [-0.2, -0.15) is 0 Å². The molecule has 0 spiro atoms. The van der Waals surface area contributed by atoms with Crippen LogP contribution >= 0.6 is 0 Å². The van der Waals surface area contributed by atoms with Crippen molar-refractivity contribution < 1.29 is 9.59 Å². The average molecular weight is 269 g/mol. The van der Waals surface area contributed by atoms with E-state index in [2.05, 4.69) is 5.32 Å². The fraction of sp³-hybridized carbons (Fsp3) is 0.857. The maximum absolute atomic E-state index is 12.3. The first kappa shape index (κ1) is 16.0. The zero-order valence-electron chi connectivity index (χ0n) is 12.3. The van der Waals surface area contributed by atoms with Gasteiger partial charge in [0.05, 0.1) is 6.54 Å². The molecule has 110 valence electrons. The van der Waals surface area contributed by atoms with Crippen molar-refractivity contribution in [3.8, 4) is 0 Å². The van der Waals surface area contributed by atoms with E-state index in [1.165, 1.54) is 4.90 Å². The predicted octanol–water partition coefficient (Wildman–Crippen LogP) is 0.592. The van der Waals surface area contributed by atoms with Gasteiger partial charge in [0.1, 0.15) is 0 Å². The van der Waals surface area contributed by atoms with Crippen LogP contribution in [0.15, 0.2) is 0 Å². The van der Waals surface area contributed by atoms with E-state index in [1.807, 2.05) is 13.8 Å². The largest absolute Gasteiger partial charge is 0.354 e. The fourth-order valence-electron chi connectivity index (χ4n) is 2.59. The molecule has 2 unspecified atom stereocenters. The molecule has 0 aliphatic heterocycles. The molecule has 1 aliphatic rings. The van der Waals surface area contributed by atoms with Gasteiger partial charge >= 0.3 is 0 Å². The Morgan fingerprint density at radius 3 is 2.63 bits per heavy atom. The summed E-state index contributed by atoms with van der Waals surface area (Å²) in [5.74, 6) is 0.683. The van der Waals surface area contributed by atoms with E-state index in [9.17, 15) is 9.59 Å². The Morgan fingerprint density at radius 1 is 1.37 bits per heavy atom. The minimum absolute atomic E-state index is 0.00731. The van der Waals surface area contributed by atoms with Crippen LogP contribution in [0, 0.1) is 17.8 Å². The van der Waals surface area contributed by atoms with Crippen LogP contribution in [0.4, 0.5) is 0 Å². The third-order valence-corrected chi connectivity index (χ3v) is 3.74. The molecule has 0 aromatic heterocycles. The van der Waals surface area contributed by atoms with Gasteiger partial charge < -0.3 is 16.0 Å². The molecule has 1 saturated carbocycles. The SMILES string of the molecule is CC(C)CNC(=O)CN(C)C(=O)C1CCCC1CN. The molecule has 0 radical (unpaired) electrons. The summed E-state index contributed by atoms with van der Waals surface area (Å²) in [6.45, 7) is 5.43. The summed E-state index contributed by atoms with van der Waals surface area (Å²) < 4.78 is 0.